The van der Waals surface area contributed by atoms with Crippen LogP contribution >= 0.6 is 0 Å². The van der Waals surface area contributed by atoms with E-state index in [1.165, 1.54) is 11.3 Å². The van der Waals surface area contributed by atoms with E-state index in [9.17, 15) is 0 Å². The van der Waals surface area contributed by atoms with E-state index in [4.69, 9.17) is 4.74 Å². The van der Waals surface area contributed by atoms with Crippen LogP contribution in [0, 0.1) is 0 Å². The number of rotatable bonds is 5. The number of benzene rings is 1. The fourth-order valence-corrected chi connectivity index (χ4v) is 3.45. The number of nitrogens with one attached hydrogen (secondary N) is 1. The second-order valence-electron chi connectivity index (χ2n) is 6.70. The molecule has 3 rings (SSSR count). The summed E-state index contributed by atoms with van der Waals surface area (Å²) in [6, 6.07) is 9.57. The van der Waals surface area contributed by atoms with Crippen LogP contribution in [-0.2, 0) is 4.74 Å². The zero-order chi connectivity index (χ0) is 16.1. The number of morpholine rings is 1. The lowest BCUT2D eigenvalue weighted by Gasteiger charge is -2.39. The van der Waals surface area contributed by atoms with Crippen molar-refractivity contribution < 1.29 is 4.74 Å². The number of piperazine rings is 1. The molecule has 5 nitrogen and oxygen atoms in total. The molecular formula is C18H30N4O. The summed E-state index contributed by atoms with van der Waals surface area (Å²) in [5.41, 5.74) is 2.70. The van der Waals surface area contributed by atoms with Gasteiger partial charge in [-0.25, -0.2) is 0 Å². The highest BCUT2D eigenvalue weighted by Crippen LogP contribution is 2.25. The first-order chi connectivity index (χ1) is 11.2. The van der Waals surface area contributed by atoms with Crippen molar-refractivity contribution in [3.8, 4) is 0 Å². The number of hydrogen-bond acceptors (Lipinski definition) is 5. The van der Waals surface area contributed by atoms with Gasteiger partial charge < -0.3 is 15.0 Å². The van der Waals surface area contributed by atoms with Gasteiger partial charge in [0, 0.05) is 71.6 Å². The molecule has 0 radical (unpaired) electrons. The second kappa shape index (κ2) is 8.11. The van der Waals surface area contributed by atoms with Gasteiger partial charge in [-0.05, 0) is 17.7 Å². The van der Waals surface area contributed by atoms with Crippen molar-refractivity contribution in [2.45, 2.75) is 6.04 Å². The summed E-state index contributed by atoms with van der Waals surface area (Å²) in [6.07, 6.45) is 0. The minimum atomic E-state index is 0.478. The van der Waals surface area contributed by atoms with Gasteiger partial charge in [0.05, 0.1) is 13.2 Å². The molecule has 5 heteroatoms. The molecule has 0 spiro atoms. The SMILES string of the molecule is CN(C)c1ccc(C(CN2CCOCC2)N2CCNCC2)cc1. The average molecular weight is 318 g/mol. The minimum Gasteiger partial charge on any atom is -0.379 e. The predicted octanol–water partition coefficient (Wildman–Crippen LogP) is 1.03. The van der Waals surface area contributed by atoms with E-state index >= 15 is 0 Å². The molecule has 2 aliphatic heterocycles. The molecule has 2 heterocycles. The molecular weight excluding hydrogens is 288 g/mol. The Labute approximate surface area is 140 Å². The van der Waals surface area contributed by atoms with Crippen molar-refractivity contribution in [1.82, 2.24) is 15.1 Å². The maximum absolute atomic E-state index is 5.50. The number of nitrogens with zero attached hydrogens (tertiary/aromatic N) is 3. The van der Waals surface area contributed by atoms with Gasteiger partial charge in [0.1, 0.15) is 0 Å². The summed E-state index contributed by atoms with van der Waals surface area (Å²) >= 11 is 0. The summed E-state index contributed by atoms with van der Waals surface area (Å²) in [5.74, 6) is 0. The van der Waals surface area contributed by atoms with E-state index in [1.54, 1.807) is 0 Å². The Kier molecular flexibility index (Phi) is 5.89. The van der Waals surface area contributed by atoms with E-state index in [0.717, 1.165) is 59.0 Å². The zero-order valence-corrected chi connectivity index (χ0v) is 14.5. The van der Waals surface area contributed by atoms with Crippen LogP contribution in [0.3, 0.4) is 0 Å². The monoisotopic (exact) mass is 318 g/mol. The Bertz CT molecular complexity index is 464. The third kappa shape index (κ3) is 4.44. The van der Waals surface area contributed by atoms with Crippen molar-refractivity contribution in [2.24, 2.45) is 0 Å². The molecule has 1 atom stereocenters. The van der Waals surface area contributed by atoms with Crippen molar-refractivity contribution in [3.05, 3.63) is 29.8 Å². The van der Waals surface area contributed by atoms with Crippen molar-refractivity contribution in [1.29, 1.82) is 0 Å². The summed E-state index contributed by atoms with van der Waals surface area (Å²) < 4.78 is 5.50. The molecule has 1 aromatic carbocycles. The molecule has 1 aromatic rings. The van der Waals surface area contributed by atoms with E-state index in [2.05, 4.69) is 58.4 Å². The molecule has 128 valence electrons. The van der Waals surface area contributed by atoms with Crippen molar-refractivity contribution in [3.63, 3.8) is 0 Å². The topological polar surface area (TPSA) is 31.0 Å². The molecule has 23 heavy (non-hydrogen) atoms. The Balaban J connectivity index is 1.75. The molecule has 1 unspecified atom stereocenters. The highest BCUT2D eigenvalue weighted by Gasteiger charge is 2.25. The molecule has 0 aromatic heterocycles. The van der Waals surface area contributed by atoms with E-state index in [-0.39, 0.29) is 0 Å². The lowest BCUT2D eigenvalue weighted by Crippen LogP contribution is -2.49. The lowest BCUT2D eigenvalue weighted by atomic mass is 10.0. The molecule has 1 N–H and O–H groups in total. The fraction of sp³-hybridized carbons (Fsp3) is 0.667. The van der Waals surface area contributed by atoms with Gasteiger partial charge in [0.2, 0.25) is 0 Å². The maximum atomic E-state index is 5.50. The van der Waals surface area contributed by atoms with Crippen LogP contribution < -0.4 is 10.2 Å². The van der Waals surface area contributed by atoms with Gasteiger partial charge in [-0.3, -0.25) is 9.80 Å². The molecule has 0 bridgehead atoms. The number of ether oxygens (including phenoxy) is 1. The fourth-order valence-electron chi connectivity index (χ4n) is 3.45. The summed E-state index contributed by atoms with van der Waals surface area (Å²) in [5, 5.41) is 3.47. The largest absolute Gasteiger partial charge is 0.379 e. The van der Waals surface area contributed by atoms with Crippen molar-refractivity contribution in [2.75, 3.05) is 78.0 Å². The molecule has 0 aliphatic carbocycles. The first-order valence-electron chi connectivity index (χ1n) is 8.76. The van der Waals surface area contributed by atoms with E-state index in [0.29, 0.717) is 6.04 Å². The Morgan fingerprint density at radius 2 is 1.70 bits per heavy atom. The van der Waals surface area contributed by atoms with Crippen LogP contribution in [0.1, 0.15) is 11.6 Å². The molecule has 0 saturated carbocycles. The normalized spacial score (nSPS) is 22.0. The number of anilines is 1. The predicted molar refractivity (Wildman–Crippen MR) is 95.2 cm³/mol. The van der Waals surface area contributed by atoms with Gasteiger partial charge in [-0.1, -0.05) is 12.1 Å². The number of hydrogen-bond donors (Lipinski definition) is 1. The van der Waals surface area contributed by atoms with E-state index < -0.39 is 0 Å². The van der Waals surface area contributed by atoms with Gasteiger partial charge >= 0.3 is 0 Å². The first kappa shape index (κ1) is 16.7. The first-order valence-corrected chi connectivity index (χ1v) is 8.76. The maximum Gasteiger partial charge on any atom is 0.0594 e. The smallest absolute Gasteiger partial charge is 0.0594 e. The zero-order valence-electron chi connectivity index (χ0n) is 14.5. The van der Waals surface area contributed by atoms with Gasteiger partial charge in [0.15, 0.2) is 0 Å². The minimum absolute atomic E-state index is 0.478. The Hall–Kier alpha value is -1.14. The second-order valence-corrected chi connectivity index (χ2v) is 6.70. The molecule has 2 aliphatic rings. The summed E-state index contributed by atoms with van der Waals surface area (Å²) in [7, 11) is 4.19. The molecule has 0 amide bonds. The van der Waals surface area contributed by atoms with Crippen LogP contribution in [0.4, 0.5) is 5.69 Å². The lowest BCUT2D eigenvalue weighted by molar-refractivity contribution is 0.0206. The highest BCUT2D eigenvalue weighted by atomic mass is 16.5. The van der Waals surface area contributed by atoms with Crippen molar-refractivity contribution >= 4 is 5.69 Å². The van der Waals surface area contributed by atoms with Crippen LogP contribution in [0.2, 0.25) is 0 Å². The summed E-state index contributed by atoms with van der Waals surface area (Å²) in [6.45, 7) is 9.39. The summed E-state index contributed by atoms with van der Waals surface area (Å²) in [4.78, 5) is 7.35. The van der Waals surface area contributed by atoms with Crippen LogP contribution in [0.15, 0.2) is 24.3 Å². The molecule has 2 saturated heterocycles. The quantitative estimate of drug-likeness (QED) is 0.876. The highest BCUT2D eigenvalue weighted by molar-refractivity contribution is 5.46. The van der Waals surface area contributed by atoms with Gasteiger partial charge in [-0.2, -0.15) is 0 Å². The van der Waals surface area contributed by atoms with Gasteiger partial charge in [-0.15, -0.1) is 0 Å². The van der Waals surface area contributed by atoms with Gasteiger partial charge in [0.25, 0.3) is 0 Å². The van der Waals surface area contributed by atoms with Crippen LogP contribution in [0.5, 0.6) is 0 Å². The average Bonchev–Trinajstić information content (AvgIpc) is 2.61. The third-order valence-electron chi connectivity index (χ3n) is 4.92. The Morgan fingerprint density at radius 3 is 2.30 bits per heavy atom. The van der Waals surface area contributed by atoms with E-state index in [1.807, 2.05) is 0 Å². The molecule has 2 fully saturated rings. The standard InChI is InChI=1S/C18H30N4O/c1-20(2)17-5-3-16(4-6-17)18(22-9-7-19-8-10-22)15-21-11-13-23-14-12-21/h3-6,18-19H,7-15H2,1-2H3. The third-order valence-corrected chi connectivity index (χ3v) is 4.92. The van der Waals surface area contributed by atoms with Crippen LogP contribution in [0.25, 0.3) is 0 Å². The van der Waals surface area contributed by atoms with Crippen LogP contribution in [-0.4, -0.2) is 82.9 Å². The Morgan fingerprint density at radius 1 is 1.04 bits per heavy atom.